The SMILES string of the molecule is CCC(C)(O)CCNC(=O)OCc1ccccc1. The molecule has 4 nitrogen and oxygen atoms in total. The lowest BCUT2D eigenvalue weighted by atomic mass is 10.00. The number of carbonyl (C=O) groups is 1. The maximum Gasteiger partial charge on any atom is 0.407 e. The van der Waals surface area contributed by atoms with Crippen molar-refractivity contribution in [1.29, 1.82) is 0 Å². The Kier molecular flexibility index (Phi) is 5.65. The number of rotatable bonds is 6. The van der Waals surface area contributed by atoms with Gasteiger partial charge in [-0.3, -0.25) is 0 Å². The molecule has 1 unspecified atom stereocenters. The molecule has 100 valence electrons. The van der Waals surface area contributed by atoms with Gasteiger partial charge in [0.05, 0.1) is 5.60 Å². The minimum atomic E-state index is -0.729. The summed E-state index contributed by atoms with van der Waals surface area (Å²) in [5.41, 5.74) is 0.223. The van der Waals surface area contributed by atoms with Crippen molar-refractivity contribution in [1.82, 2.24) is 5.32 Å². The van der Waals surface area contributed by atoms with Crippen LogP contribution >= 0.6 is 0 Å². The molecule has 0 aliphatic heterocycles. The third kappa shape index (κ3) is 5.68. The van der Waals surface area contributed by atoms with Gasteiger partial charge in [0.2, 0.25) is 0 Å². The minimum absolute atomic E-state index is 0.261. The lowest BCUT2D eigenvalue weighted by molar-refractivity contribution is 0.0467. The van der Waals surface area contributed by atoms with Crippen LogP contribution < -0.4 is 5.32 Å². The fraction of sp³-hybridized carbons (Fsp3) is 0.500. The largest absolute Gasteiger partial charge is 0.445 e. The van der Waals surface area contributed by atoms with E-state index in [-0.39, 0.29) is 6.61 Å². The molecule has 2 N–H and O–H groups in total. The van der Waals surface area contributed by atoms with E-state index in [1.165, 1.54) is 0 Å². The third-order valence-corrected chi connectivity index (χ3v) is 2.91. The third-order valence-electron chi connectivity index (χ3n) is 2.91. The van der Waals surface area contributed by atoms with Crippen molar-refractivity contribution >= 4 is 6.09 Å². The molecule has 1 amide bonds. The fourth-order valence-electron chi connectivity index (χ4n) is 1.38. The molecule has 0 saturated heterocycles. The molecule has 0 bridgehead atoms. The smallest absolute Gasteiger partial charge is 0.407 e. The van der Waals surface area contributed by atoms with Crippen LogP contribution in [0, 0.1) is 0 Å². The Morgan fingerprint density at radius 3 is 2.67 bits per heavy atom. The fourth-order valence-corrected chi connectivity index (χ4v) is 1.38. The van der Waals surface area contributed by atoms with E-state index < -0.39 is 11.7 Å². The predicted molar refractivity (Wildman–Crippen MR) is 70.2 cm³/mol. The van der Waals surface area contributed by atoms with Crippen molar-refractivity contribution in [2.75, 3.05) is 6.54 Å². The van der Waals surface area contributed by atoms with Crippen LogP contribution in [0.15, 0.2) is 30.3 Å². The predicted octanol–water partition coefficient (Wildman–Crippen LogP) is 2.46. The van der Waals surface area contributed by atoms with Gasteiger partial charge in [-0.1, -0.05) is 37.3 Å². The first-order chi connectivity index (χ1) is 8.53. The van der Waals surface area contributed by atoms with Crippen LogP contribution in [0.2, 0.25) is 0 Å². The van der Waals surface area contributed by atoms with Crippen LogP contribution in [0.3, 0.4) is 0 Å². The molecule has 0 saturated carbocycles. The maximum atomic E-state index is 11.4. The molecule has 0 aromatic heterocycles. The highest BCUT2D eigenvalue weighted by molar-refractivity contribution is 5.67. The Labute approximate surface area is 108 Å². The Morgan fingerprint density at radius 2 is 2.06 bits per heavy atom. The van der Waals surface area contributed by atoms with Gasteiger partial charge in [-0.2, -0.15) is 0 Å². The molecule has 0 radical (unpaired) electrons. The first kappa shape index (κ1) is 14.5. The van der Waals surface area contributed by atoms with Gasteiger partial charge in [0.1, 0.15) is 6.61 Å². The topological polar surface area (TPSA) is 58.6 Å². The van der Waals surface area contributed by atoms with Crippen LogP contribution in [0.5, 0.6) is 0 Å². The standard InChI is InChI=1S/C14H21NO3/c1-3-14(2,17)9-10-15-13(16)18-11-12-7-5-4-6-8-12/h4-8,17H,3,9-11H2,1-2H3,(H,15,16). The molecule has 0 aliphatic rings. The first-order valence-corrected chi connectivity index (χ1v) is 6.20. The average Bonchev–Trinajstić information content (AvgIpc) is 2.37. The first-order valence-electron chi connectivity index (χ1n) is 6.20. The van der Waals surface area contributed by atoms with Crippen LogP contribution in [0.25, 0.3) is 0 Å². The normalized spacial score (nSPS) is 13.7. The van der Waals surface area contributed by atoms with Gasteiger partial charge in [0, 0.05) is 6.54 Å². The lowest BCUT2D eigenvalue weighted by Crippen LogP contribution is -2.32. The summed E-state index contributed by atoms with van der Waals surface area (Å²) < 4.78 is 5.04. The summed E-state index contributed by atoms with van der Waals surface area (Å²) in [7, 11) is 0. The van der Waals surface area contributed by atoms with E-state index in [0.29, 0.717) is 19.4 Å². The number of aliphatic hydroxyl groups is 1. The molecular formula is C14H21NO3. The molecule has 1 aromatic carbocycles. The number of benzene rings is 1. The maximum absolute atomic E-state index is 11.4. The molecule has 1 atom stereocenters. The zero-order valence-electron chi connectivity index (χ0n) is 11.0. The van der Waals surface area contributed by atoms with Crippen molar-refractivity contribution in [2.24, 2.45) is 0 Å². The van der Waals surface area contributed by atoms with Gasteiger partial charge in [-0.25, -0.2) is 4.79 Å². The summed E-state index contributed by atoms with van der Waals surface area (Å²) in [6.07, 6.45) is 0.725. The van der Waals surface area contributed by atoms with E-state index in [1.54, 1.807) is 6.92 Å². The number of ether oxygens (including phenoxy) is 1. The Hall–Kier alpha value is -1.55. The number of nitrogens with one attached hydrogen (secondary N) is 1. The van der Waals surface area contributed by atoms with Gasteiger partial charge in [-0.15, -0.1) is 0 Å². The van der Waals surface area contributed by atoms with Gasteiger partial charge < -0.3 is 15.2 Å². The monoisotopic (exact) mass is 251 g/mol. The minimum Gasteiger partial charge on any atom is -0.445 e. The van der Waals surface area contributed by atoms with Gasteiger partial charge in [0.15, 0.2) is 0 Å². The van der Waals surface area contributed by atoms with E-state index in [2.05, 4.69) is 5.32 Å². The lowest BCUT2D eigenvalue weighted by Gasteiger charge is -2.20. The number of hydrogen-bond acceptors (Lipinski definition) is 3. The summed E-state index contributed by atoms with van der Waals surface area (Å²) in [6.45, 7) is 4.34. The molecule has 0 fully saturated rings. The highest BCUT2D eigenvalue weighted by atomic mass is 16.5. The van der Waals surface area contributed by atoms with Gasteiger partial charge in [0.25, 0.3) is 0 Å². The second kappa shape index (κ2) is 7.01. The molecule has 4 heteroatoms. The molecule has 1 rings (SSSR count). The Bertz CT molecular complexity index is 363. The summed E-state index contributed by atoms with van der Waals surface area (Å²) >= 11 is 0. The summed E-state index contributed by atoms with van der Waals surface area (Å²) in [6, 6.07) is 9.50. The summed E-state index contributed by atoms with van der Waals surface area (Å²) in [5, 5.41) is 12.4. The van der Waals surface area contributed by atoms with Gasteiger partial charge >= 0.3 is 6.09 Å². The van der Waals surface area contributed by atoms with E-state index >= 15 is 0 Å². The summed E-state index contributed by atoms with van der Waals surface area (Å²) in [5.74, 6) is 0. The molecule has 0 aliphatic carbocycles. The summed E-state index contributed by atoms with van der Waals surface area (Å²) in [4.78, 5) is 11.4. The van der Waals surface area contributed by atoms with Crippen LogP contribution in [0.1, 0.15) is 32.3 Å². The van der Waals surface area contributed by atoms with E-state index in [4.69, 9.17) is 4.74 Å². The van der Waals surface area contributed by atoms with E-state index in [0.717, 1.165) is 5.56 Å². The van der Waals surface area contributed by atoms with E-state index in [1.807, 2.05) is 37.3 Å². The second-order valence-corrected chi connectivity index (χ2v) is 4.59. The highest BCUT2D eigenvalue weighted by Gasteiger charge is 2.17. The number of alkyl carbamates (subject to hydrolysis) is 1. The average molecular weight is 251 g/mol. The zero-order chi connectivity index (χ0) is 13.4. The number of carbonyl (C=O) groups excluding carboxylic acids is 1. The van der Waals surface area contributed by atoms with Crippen molar-refractivity contribution in [3.05, 3.63) is 35.9 Å². The van der Waals surface area contributed by atoms with Crippen LogP contribution in [-0.2, 0) is 11.3 Å². The molecule has 1 aromatic rings. The van der Waals surface area contributed by atoms with Crippen molar-refractivity contribution < 1.29 is 14.6 Å². The Balaban J connectivity index is 2.19. The number of hydrogen-bond donors (Lipinski definition) is 2. The molecule has 0 spiro atoms. The van der Waals surface area contributed by atoms with Crippen molar-refractivity contribution in [2.45, 2.75) is 38.9 Å². The number of amides is 1. The van der Waals surface area contributed by atoms with Gasteiger partial charge in [-0.05, 0) is 25.3 Å². The van der Waals surface area contributed by atoms with E-state index in [9.17, 15) is 9.90 Å². The second-order valence-electron chi connectivity index (χ2n) is 4.59. The quantitative estimate of drug-likeness (QED) is 0.816. The molecule has 18 heavy (non-hydrogen) atoms. The van der Waals surface area contributed by atoms with Crippen molar-refractivity contribution in [3.8, 4) is 0 Å². The Morgan fingerprint density at radius 1 is 1.39 bits per heavy atom. The molecular weight excluding hydrogens is 230 g/mol. The van der Waals surface area contributed by atoms with Crippen LogP contribution in [0.4, 0.5) is 4.79 Å². The molecule has 0 heterocycles. The van der Waals surface area contributed by atoms with Crippen molar-refractivity contribution in [3.63, 3.8) is 0 Å². The van der Waals surface area contributed by atoms with Crippen LogP contribution in [-0.4, -0.2) is 23.3 Å². The zero-order valence-corrected chi connectivity index (χ0v) is 11.0. The highest BCUT2D eigenvalue weighted by Crippen LogP contribution is 2.12.